The lowest BCUT2D eigenvalue weighted by molar-refractivity contribution is 0.262. The molecule has 0 saturated heterocycles. The predicted molar refractivity (Wildman–Crippen MR) is 58.9 cm³/mol. The van der Waals surface area contributed by atoms with Gasteiger partial charge in [0.15, 0.2) is 0 Å². The van der Waals surface area contributed by atoms with Crippen molar-refractivity contribution in [3.05, 3.63) is 36.0 Å². The van der Waals surface area contributed by atoms with Crippen LogP contribution in [0, 0.1) is 11.6 Å². The van der Waals surface area contributed by atoms with E-state index in [4.69, 9.17) is 0 Å². The van der Waals surface area contributed by atoms with Gasteiger partial charge in [-0.25, -0.2) is 13.6 Å². The molecule has 8 heteroatoms. The molecule has 17 heavy (non-hydrogen) atoms. The Bertz CT molecular complexity index is 532. The first-order chi connectivity index (χ1) is 8.15. The summed E-state index contributed by atoms with van der Waals surface area (Å²) in [6.45, 7) is 0. The number of rotatable bonds is 2. The Morgan fingerprint density at radius 3 is 2.82 bits per heavy atom. The van der Waals surface area contributed by atoms with Crippen LogP contribution < -0.4 is 10.6 Å². The van der Waals surface area contributed by atoms with Crippen molar-refractivity contribution in [2.45, 2.75) is 0 Å². The van der Waals surface area contributed by atoms with Gasteiger partial charge in [-0.05, 0) is 12.1 Å². The van der Waals surface area contributed by atoms with Crippen LogP contribution in [0.15, 0.2) is 24.4 Å². The average molecular weight is 256 g/mol. The number of hydrogen-bond acceptors (Lipinski definition) is 4. The van der Waals surface area contributed by atoms with Gasteiger partial charge in [0.05, 0.1) is 11.9 Å². The molecule has 0 fully saturated rings. The SMILES string of the molecule is O=C(Nc1cnns1)Nc1cc(F)ccc1F. The number of urea groups is 1. The first-order valence-electron chi connectivity index (χ1n) is 4.45. The molecule has 0 aliphatic carbocycles. The lowest BCUT2D eigenvalue weighted by Gasteiger charge is -2.06. The lowest BCUT2D eigenvalue weighted by Crippen LogP contribution is -2.19. The molecule has 0 bridgehead atoms. The summed E-state index contributed by atoms with van der Waals surface area (Å²) >= 11 is 0.968. The maximum absolute atomic E-state index is 13.2. The summed E-state index contributed by atoms with van der Waals surface area (Å²) in [4.78, 5) is 11.4. The molecule has 1 heterocycles. The van der Waals surface area contributed by atoms with Crippen molar-refractivity contribution in [2.24, 2.45) is 0 Å². The molecule has 0 spiro atoms. The molecule has 1 aromatic carbocycles. The first kappa shape index (κ1) is 11.4. The molecule has 0 saturated carbocycles. The lowest BCUT2D eigenvalue weighted by atomic mass is 10.3. The Morgan fingerprint density at radius 2 is 2.12 bits per heavy atom. The van der Waals surface area contributed by atoms with E-state index in [-0.39, 0.29) is 5.69 Å². The summed E-state index contributed by atoms with van der Waals surface area (Å²) in [6.07, 6.45) is 1.34. The van der Waals surface area contributed by atoms with Gasteiger partial charge in [0.25, 0.3) is 0 Å². The van der Waals surface area contributed by atoms with Crippen LogP contribution in [0.4, 0.5) is 24.3 Å². The predicted octanol–water partition coefficient (Wildman–Crippen LogP) is 2.46. The zero-order valence-electron chi connectivity index (χ0n) is 8.28. The van der Waals surface area contributed by atoms with Crippen molar-refractivity contribution < 1.29 is 13.6 Å². The van der Waals surface area contributed by atoms with Gasteiger partial charge in [-0.2, -0.15) is 0 Å². The zero-order valence-corrected chi connectivity index (χ0v) is 9.09. The quantitative estimate of drug-likeness (QED) is 0.867. The fourth-order valence-electron chi connectivity index (χ4n) is 1.08. The van der Waals surface area contributed by atoms with Crippen molar-refractivity contribution in [3.63, 3.8) is 0 Å². The van der Waals surface area contributed by atoms with Gasteiger partial charge in [-0.15, -0.1) is 5.10 Å². The van der Waals surface area contributed by atoms with E-state index in [0.29, 0.717) is 5.00 Å². The normalized spacial score (nSPS) is 10.0. The minimum Gasteiger partial charge on any atom is -0.305 e. The highest BCUT2D eigenvalue weighted by atomic mass is 32.1. The topological polar surface area (TPSA) is 66.9 Å². The van der Waals surface area contributed by atoms with Gasteiger partial charge in [0.2, 0.25) is 0 Å². The number of halogens is 2. The summed E-state index contributed by atoms with van der Waals surface area (Å²) in [6, 6.07) is 2.09. The van der Waals surface area contributed by atoms with Crippen molar-refractivity contribution in [2.75, 3.05) is 10.6 Å². The average Bonchev–Trinajstić information content (AvgIpc) is 2.76. The number of amides is 2. The second-order valence-electron chi connectivity index (χ2n) is 2.99. The molecule has 0 unspecified atom stereocenters. The molecule has 88 valence electrons. The van der Waals surface area contributed by atoms with Crippen LogP contribution >= 0.6 is 11.5 Å². The molecular weight excluding hydrogens is 250 g/mol. The van der Waals surface area contributed by atoms with Crippen LogP contribution in [0.25, 0.3) is 0 Å². The monoisotopic (exact) mass is 256 g/mol. The molecule has 2 rings (SSSR count). The standard InChI is InChI=1S/C9H6F2N4OS/c10-5-1-2-6(11)7(3-5)13-9(16)14-8-4-12-15-17-8/h1-4H,(H2,13,14,16). The van der Waals surface area contributed by atoms with Crippen molar-refractivity contribution in [1.29, 1.82) is 0 Å². The third-order valence-electron chi connectivity index (χ3n) is 1.77. The summed E-state index contributed by atoms with van der Waals surface area (Å²) in [7, 11) is 0. The summed E-state index contributed by atoms with van der Waals surface area (Å²) < 4.78 is 29.5. The van der Waals surface area contributed by atoms with E-state index in [2.05, 4.69) is 20.2 Å². The van der Waals surface area contributed by atoms with Crippen LogP contribution in [0.2, 0.25) is 0 Å². The van der Waals surface area contributed by atoms with E-state index in [0.717, 1.165) is 29.7 Å². The van der Waals surface area contributed by atoms with Gasteiger partial charge in [0, 0.05) is 17.6 Å². The Balaban J connectivity index is 2.05. The Hall–Kier alpha value is -2.09. The van der Waals surface area contributed by atoms with Crippen LogP contribution in [-0.4, -0.2) is 15.6 Å². The van der Waals surface area contributed by atoms with E-state index in [1.165, 1.54) is 6.20 Å². The Kier molecular flexibility index (Phi) is 3.24. The maximum Gasteiger partial charge on any atom is 0.324 e. The number of anilines is 2. The van der Waals surface area contributed by atoms with Gasteiger partial charge in [0.1, 0.15) is 16.6 Å². The molecule has 2 N–H and O–H groups in total. The Labute approximate surface area is 98.6 Å². The van der Waals surface area contributed by atoms with Crippen molar-refractivity contribution >= 4 is 28.3 Å². The number of nitrogens with zero attached hydrogens (tertiary/aromatic N) is 2. The number of aromatic nitrogens is 2. The maximum atomic E-state index is 13.2. The van der Waals surface area contributed by atoms with E-state index >= 15 is 0 Å². The van der Waals surface area contributed by atoms with Crippen LogP contribution in [0.5, 0.6) is 0 Å². The minimum absolute atomic E-state index is 0.236. The van der Waals surface area contributed by atoms with Crippen molar-refractivity contribution in [1.82, 2.24) is 9.59 Å². The summed E-state index contributed by atoms with van der Waals surface area (Å²) in [5.41, 5.74) is -0.236. The fourth-order valence-corrected chi connectivity index (χ4v) is 1.50. The fraction of sp³-hybridized carbons (Fsp3) is 0. The van der Waals surface area contributed by atoms with Crippen LogP contribution in [0.1, 0.15) is 0 Å². The minimum atomic E-state index is -0.719. The molecule has 0 radical (unpaired) electrons. The molecule has 0 aliphatic heterocycles. The van der Waals surface area contributed by atoms with E-state index < -0.39 is 17.7 Å². The molecular formula is C9H6F2N4OS. The third kappa shape index (κ3) is 2.94. The third-order valence-corrected chi connectivity index (χ3v) is 2.35. The first-order valence-corrected chi connectivity index (χ1v) is 5.23. The smallest absolute Gasteiger partial charge is 0.305 e. The van der Waals surface area contributed by atoms with Crippen LogP contribution in [0.3, 0.4) is 0 Å². The Morgan fingerprint density at radius 1 is 1.29 bits per heavy atom. The molecule has 0 atom stereocenters. The number of carbonyl (C=O) groups is 1. The molecule has 0 aliphatic rings. The highest BCUT2D eigenvalue weighted by Crippen LogP contribution is 2.16. The molecule has 2 amide bonds. The zero-order chi connectivity index (χ0) is 12.3. The van der Waals surface area contributed by atoms with Gasteiger partial charge >= 0.3 is 6.03 Å². The largest absolute Gasteiger partial charge is 0.324 e. The number of benzene rings is 1. The second kappa shape index (κ2) is 4.83. The highest BCUT2D eigenvalue weighted by Gasteiger charge is 2.08. The van der Waals surface area contributed by atoms with Gasteiger partial charge in [-0.1, -0.05) is 4.49 Å². The van der Waals surface area contributed by atoms with E-state index in [1.807, 2.05) is 0 Å². The molecule has 5 nitrogen and oxygen atoms in total. The van der Waals surface area contributed by atoms with Gasteiger partial charge in [-0.3, -0.25) is 5.32 Å². The van der Waals surface area contributed by atoms with E-state index in [1.54, 1.807) is 0 Å². The summed E-state index contributed by atoms with van der Waals surface area (Å²) in [5.74, 6) is -1.36. The van der Waals surface area contributed by atoms with Crippen molar-refractivity contribution in [3.8, 4) is 0 Å². The van der Waals surface area contributed by atoms with Gasteiger partial charge < -0.3 is 5.32 Å². The second-order valence-corrected chi connectivity index (χ2v) is 3.77. The van der Waals surface area contributed by atoms with Crippen LogP contribution in [-0.2, 0) is 0 Å². The van der Waals surface area contributed by atoms with E-state index in [9.17, 15) is 13.6 Å². The number of carbonyl (C=O) groups excluding carboxylic acids is 1. The highest BCUT2D eigenvalue weighted by molar-refractivity contribution is 7.10. The molecule has 2 aromatic rings. The molecule has 1 aromatic heterocycles. The summed E-state index contributed by atoms with van der Waals surface area (Å²) in [5, 5.41) is 8.45. The number of nitrogens with one attached hydrogen (secondary N) is 2. The number of hydrogen-bond donors (Lipinski definition) is 2.